The molecule has 0 aliphatic carbocycles. The molecule has 2 rings (SSSR count). The lowest BCUT2D eigenvalue weighted by Crippen LogP contribution is -2.54. The number of phenols is 2. The average Bonchev–Trinajstić information content (AvgIpc) is 2.40. The molecule has 0 atom stereocenters. The van der Waals surface area contributed by atoms with Gasteiger partial charge in [0.05, 0.1) is 0 Å². The van der Waals surface area contributed by atoms with E-state index in [2.05, 4.69) is 0 Å². The highest BCUT2D eigenvalue weighted by molar-refractivity contribution is 6.23. The van der Waals surface area contributed by atoms with Gasteiger partial charge in [0.2, 0.25) is 0 Å². The highest BCUT2D eigenvalue weighted by Gasteiger charge is 2.70. The molecular weight excluding hydrogens is 343 g/mol. The Morgan fingerprint density at radius 2 is 0.957 bits per heavy atom. The van der Waals surface area contributed by atoms with Crippen LogP contribution in [0.25, 0.3) is 0 Å². The highest BCUT2D eigenvalue weighted by Crippen LogP contribution is 2.57. The van der Waals surface area contributed by atoms with Crippen molar-refractivity contribution in [2.24, 2.45) is 0 Å². The fourth-order valence-corrected chi connectivity index (χ4v) is 2.73. The molecule has 2 aromatic rings. The van der Waals surface area contributed by atoms with Crippen LogP contribution in [0.2, 0.25) is 0 Å². The first kappa shape index (κ1) is 17.3. The predicted octanol–water partition coefficient (Wildman–Crippen LogP) is 4.78. The number of hydrogen-bond acceptors (Lipinski definition) is 2. The van der Waals surface area contributed by atoms with E-state index < -0.39 is 28.1 Å². The summed E-state index contributed by atoms with van der Waals surface area (Å²) >= 11 is 4.91. The second kappa shape index (κ2) is 5.56. The van der Waals surface area contributed by atoms with E-state index in [0.29, 0.717) is 0 Å². The van der Waals surface area contributed by atoms with E-state index >= 15 is 0 Å². The minimum Gasteiger partial charge on any atom is -0.508 e. The van der Waals surface area contributed by atoms with Crippen LogP contribution < -0.4 is 0 Å². The van der Waals surface area contributed by atoms with E-state index in [4.69, 9.17) is 11.6 Å². The van der Waals surface area contributed by atoms with Crippen LogP contribution in [-0.2, 0) is 5.41 Å². The van der Waals surface area contributed by atoms with Crippen molar-refractivity contribution in [3.63, 3.8) is 0 Å². The summed E-state index contributed by atoms with van der Waals surface area (Å²) in [6.45, 7) is 0. The maximum Gasteiger partial charge on any atom is 0.409 e. The topological polar surface area (TPSA) is 40.5 Å². The van der Waals surface area contributed by atoms with Crippen molar-refractivity contribution < 1.29 is 32.2 Å². The van der Waals surface area contributed by atoms with Gasteiger partial charge in [-0.2, -0.15) is 22.0 Å². The van der Waals surface area contributed by atoms with Crippen LogP contribution in [0, 0.1) is 0 Å². The number of phenolic OH excluding ortho intramolecular Hbond substituents is 2. The Kier molecular flexibility index (Phi) is 4.19. The van der Waals surface area contributed by atoms with E-state index in [9.17, 15) is 32.2 Å². The van der Waals surface area contributed by atoms with E-state index in [1.807, 2.05) is 0 Å². The summed E-state index contributed by atoms with van der Waals surface area (Å²) in [4.78, 5) is 0. The third-order valence-corrected chi connectivity index (χ3v) is 3.73. The third kappa shape index (κ3) is 2.81. The van der Waals surface area contributed by atoms with Crippen LogP contribution >= 0.6 is 11.6 Å². The second-order valence-corrected chi connectivity index (χ2v) is 5.31. The summed E-state index contributed by atoms with van der Waals surface area (Å²) in [5.41, 5.74) is -5.52. The van der Waals surface area contributed by atoms with Gasteiger partial charge in [-0.25, -0.2) is 0 Å². The summed E-state index contributed by atoms with van der Waals surface area (Å²) in [5.74, 6) is -0.762. The minimum absolute atomic E-state index is 0.381. The lowest BCUT2D eigenvalue weighted by Gasteiger charge is -2.39. The molecule has 0 aliphatic rings. The van der Waals surface area contributed by atoms with Crippen molar-refractivity contribution >= 4 is 11.6 Å². The van der Waals surface area contributed by atoms with Gasteiger partial charge in [-0.05, 0) is 47.0 Å². The highest BCUT2D eigenvalue weighted by atomic mass is 35.5. The molecule has 0 bridgehead atoms. The molecule has 2 nitrogen and oxygen atoms in total. The molecule has 0 aliphatic heterocycles. The Bertz CT molecular complexity index is 613. The Morgan fingerprint density at radius 1 is 0.652 bits per heavy atom. The molecule has 0 amide bonds. The first-order valence-corrected chi connectivity index (χ1v) is 6.60. The number of hydrogen-bond donors (Lipinski definition) is 2. The summed E-state index contributed by atoms with van der Waals surface area (Å²) in [7, 11) is 0. The number of rotatable bonds is 3. The summed E-state index contributed by atoms with van der Waals surface area (Å²) in [6, 6.07) is 6.35. The molecule has 0 radical (unpaired) electrons. The van der Waals surface area contributed by atoms with Gasteiger partial charge < -0.3 is 10.2 Å². The fraction of sp³-hybridized carbons (Fsp3) is 0.200. The zero-order valence-electron chi connectivity index (χ0n) is 11.3. The number of aromatic hydroxyl groups is 2. The summed E-state index contributed by atoms with van der Waals surface area (Å²) < 4.78 is 69.3. The van der Waals surface area contributed by atoms with Gasteiger partial charge in [0.15, 0.2) is 5.41 Å². The van der Waals surface area contributed by atoms with Crippen LogP contribution in [0.5, 0.6) is 11.5 Å². The molecule has 0 saturated heterocycles. The molecule has 0 saturated carbocycles. The number of alkyl halides is 6. The van der Waals surface area contributed by atoms with E-state index in [1.54, 1.807) is 0 Å². The zero-order valence-corrected chi connectivity index (χ0v) is 12.0. The van der Waals surface area contributed by atoms with Crippen molar-refractivity contribution in [1.82, 2.24) is 0 Å². The molecule has 124 valence electrons. The molecule has 2 aromatic carbocycles. The molecule has 0 fully saturated rings. The van der Waals surface area contributed by atoms with Crippen LogP contribution in [0.3, 0.4) is 0 Å². The zero-order chi connectivity index (χ0) is 17.5. The molecule has 0 aromatic heterocycles. The summed E-state index contributed by atoms with van der Waals surface area (Å²) in [5, 5.41) is 13.7. The molecule has 2 N–H and O–H groups in total. The Labute approximate surface area is 132 Å². The predicted molar refractivity (Wildman–Crippen MR) is 73.8 cm³/mol. The molecule has 0 unspecified atom stereocenters. The fourth-order valence-electron chi connectivity index (χ4n) is 2.40. The molecule has 8 heteroatoms. The lowest BCUT2D eigenvalue weighted by atomic mass is 9.73. The largest absolute Gasteiger partial charge is 0.508 e. The standard InChI is InChI=1S/C15H10ClF5O2/c16-14(17,18)13(15(19,20)21,9-1-5-11(22)6-2-9)10-3-7-12(23)8-4-10/h1-8,22-23H. The van der Waals surface area contributed by atoms with Gasteiger partial charge in [0.25, 0.3) is 0 Å². The smallest absolute Gasteiger partial charge is 0.409 e. The van der Waals surface area contributed by atoms with Gasteiger partial charge >= 0.3 is 11.6 Å². The van der Waals surface area contributed by atoms with Gasteiger partial charge in [-0.1, -0.05) is 24.3 Å². The van der Waals surface area contributed by atoms with Crippen LogP contribution in [0.1, 0.15) is 11.1 Å². The van der Waals surface area contributed by atoms with Gasteiger partial charge in [-0.15, -0.1) is 0 Å². The van der Waals surface area contributed by atoms with Gasteiger partial charge in [0, 0.05) is 0 Å². The van der Waals surface area contributed by atoms with Crippen LogP contribution in [0.15, 0.2) is 48.5 Å². The molecule has 0 spiro atoms. The number of halogens is 6. The first-order chi connectivity index (χ1) is 10.5. The second-order valence-electron chi connectivity index (χ2n) is 4.84. The SMILES string of the molecule is Oc1ccc(C(c2ccc(O)cc2)(C(F)(F)F)C(F)(F)Cl)cc1. The number of benzene rings is 2. The van der Waals surface area contributed by atoms with Gasteiger partial charge in [-0.3, -0.25) is 0 Å². The Hall–Kier alpha value is -2.02. The van der Waals surface area contributed by atoms with Crippen LogP contribution in [-0.4, -0.2) is 21.8 Å². The monoisotopic (exact) mass is 352 g/mol. The van der Waals surface area contributed by atoms with Crippen molar-refractivity contribution in [3.05, 3.63) is 59.7 Å². The van der Waals surface area contributed by atoms with Gasteiger partial charge in [0.1, 0.15) is 11.5 Å². The quantitative estimate of drug-likeness (QED) is 0.616. The van der Waals surface area contributed by atoms with E-state index in [0.717, 1.165) is 48.5 Å². The third-order valence-electron chi connectivity index (χ3n) is 3.45. The summed E-state index contributed by atoms with van der Waals surface area (Å²) in [6.07, 6.45) is -5.45. The van der Waals surface area contributed by atoms with Crippen molar-refractivity contribution in [1.29, 1.82) is 0 Å². The lowest BCUT2D eigenvalue weighted by molar-refractivity contribution is -0.222. The molecular formula is C15H10ClF5O2. The first-order valence-electron chi connectivity index (χ1n) is 6.22. The average molecular weight is 353 g/mol. The maximum absolute atomic E-state index is 14.0. The van der Waals surface area contributed by atoms with Crippen molar-refractivity contribution in [2.45, 2.75) is 17.0 Å². The Balaban J connectivity index is 2.86. The maximum atomic E-state index is 14.0. The van der Waals surface area contributed by atoms with E-state index in [1.165, 1.54) is 0 Å². The van der Waals surface area contributed by atoms with Crippen molar-refractivity contribution in [3.8, 4) is 11.5 Å². The normalized spacial score (nSPS) is 13.1. The minimum atomic E-state index is -5.45. The molecule has 23 heavy (non-hydrogen) atoms. The Morgan fingerprint density at radius 3 is 1.17 bits per heavy atom. The molecule has 0 heterocycles. The van der Waals surface area contributed by atoms with Crippen LogP contribution in [0.4, 0.5) is 22.0 Å². The van der Waals surface area contributed by atoms with Crippen molar-refractivity contribution in [2.75, 3.05) is 0 Å². The van der Waals surface area contributed by atoms with E-state index in [-0.39, 0.29) is 11.5 Å².